The van der Waals surface area contributed by atoms with E-state index in [4.69, 9.17) is 9.72 Å². The fourth-order valence-electron chi connectivity index (χ4n) is 4.06. The average Bonchev–Trinajstić information content (AvgIpc) is 3.46. The second kappa shape index (κ2) is 11.6. The first kappa shape index (κ1) is 25.7. The van der Waals surface area contributed by atoms with E-state index in [-0.39, 0.29) is 24.3 Å². The van der Waals surface area contributed by atoms with E-state index < -0.39 is 5.92 Å². The molecule has 1 aliphatic heterocycles. The molecule has 1 fully saturated rings. The van der Waals surface area contributed by atoms with Crippen molar-refractivity contribution in [1.82, 2.24) is 25.1 Å². The Hall–Kier alpha value is -3.34. The minimum Gasteiger partial charge on any atom is -0.497 e. The number of carbonyl (C=O) groups excluding carboxylic acids is 2. The molecule has 11 heteroatoms. The van der Waals surface area contributed by atoms with Gasteiger partial charge in [-0.15, -0.1) is 0 Å². The molecule has 3 aromatic rings. The van der Waals surface area contributed by atoms with Gasteiger partial charge >= 0.3 is 0 Å². The maximum absolute atomic E-state index is 12.8. The second-order valence-corrected chi connectivity index (χ2v) is 10.1. The summed E-state index contributed by atoms with van der Waals surface area (Å²) in [6, 6.07) is 7.50. The number of nitrogens with one attached hydrogen (secondary N) is 2. The first-order valence-corrected chi connectivity index (χ1v) is 13.2. The van der Waals surface area contributed by atoms with E-state index >= 15 is 0 Å². The van der Waals surface area contributed by atoms with Crippen LogP contribution in [0.4, 0.5) is 11.5 Å². The maximum Gasteiger partial charge on any atom is 0.227 e. The quantitative estimate of drug-likeness (QED) is 0.298. The van der Waals surface area contributed by atoms with Crippen molar-refractivity contribution in [3.05, 3.63) is 30.5 Å². The van der Waals surface area contributed by atoms with Crippen molar-refractivity contribution >= 4 is 46.1 Å². The average molecular weight is 512 g/mol. The van der Waals surface area contributed by atoms with Crippen LogP contribution in [-0.4, -0.2) is 63.6 Å². The number of fused-ring (bicyclic) bond motifs is 1. The van der Waals surface area contributed by atoms with Crippen LogP contribution in [0.2, 0.25) is 0 Å². The molecular formula is C25H33N7O3S. The molecular weight excluding hydrogens is 478 g/mol. The van der Waals surface area contributed by atoms with Gasteiger partial charge in [0.05, 0.1) is 31.2 Å². The lowest BCUT2D eigenvalue weighted by molar-refractivity contribution is -0.126. The number of thioether (sulfide) groups is 1. The molecule has 2 N–H and O–H groups in total. The highest BCUT2D eigenvalue weighted by Crippen LogP contribution is 2.27. The predicted octanol–water partition coefficient (Wildman–Crippen LogP) is 3.33. The third kappa shape index (κ3) is 5.89. The summed E-state index contributed by atoms with van der Waals surface area (Å²) in [4.78, 5) is 36.4. The summed E-state index contributed by atoms with van der Waals surface area (Å²) in [5.74, 6) is 1.84. The molecule has 1 aromatic carbocycles. The van der Waals surface area contributed by atoms with Gasteiger partial charge in [0, 0.05) is 37.0 Å². The highest BCUT2D eigenvalue weighted by Gasteiger charge is 2.35. The Bertz CT molecular complexity index is 1210. The highest BCUT2D eigenvalue weighted by molar-refractivity contribution is 7.99. The third-order valence-corrected chi connectivity index (χ3v) is 6.89. The molecule has 0 spiro atoms. The van der Waals surface area contributed by atoms with Gasteiger partial charge in [0.15, 0.2) is 10.8 Å². The van der Waals surface area contributed by atoms with Gasteiger partial charge in [-0.3, -0.25) is 9.59 Å². The van der Waals surface area contributed by atoms with Gasteiger partial charge in [-0.2, -0.15) is 5.10 Å². The van der Waals surface area contributed by atoms with Crippen molar-refractivity contribution in [2.75, 3.05) is 36.2 Å². The fraction of sp³-hybridized carbons (Fsp3) is 0.480. The summed E-state index contributed by atoms with van der Waals surface area (Å²) in [5.41, 5.74) is 1.50. The standard InChI is InChI=1S/C25H33N7O3S/c1-5-12-36-25-29-22(28-16(2)3)20-14-27-32(23(20)30-25)11-10-26-24(34)17-13-21(33)31(15-17)18-6-8-19(35-4)9-7-18/h6-9,14,16-17H,5,10-13,15H2,1-4H3,(H,26,34)(H,28,29,30). The number of hydrogen-bond acceptors (Lipinski definition) is 8. The van der Waals surface area contributed by atoms with Gasteiger partial charge in [-0.1, -0.05) is 18.7 Å². The van der Waals surface area contributed by atoms with Gasteiger partial charge in [-0.05, 0) is 44.5 Å². The molecule has 3 heterocycles. The van der Waals surface area contributed by atoms with E-state index in [9.17, 15) is 9.59 Å². The Morgan fingerprint density at radius 3 is 2.72 bits per heavy atom. The van der Waals surface area contributed by atoms with Crippen molar-refractivity contribution < 1.29 is 14.3 Å². The second-order valence-electron chi connectivity index (χ2n) is 9.00. The molecule has 10 nitrogen and oxygen atoms in total. The lowest BCUT2D eigenvalue weighted by Gasteiger charge is -2.17. The Morgan fingerprint density at radius 1 is 1.25 bits per heavy atom. The molecule has 2 aromatic heterocycles. The maximum atomic E-state index is 12.8. The van der Waals surface area contributed by atoms with Gasteiger partial charge < -0.3 is 20.3 Å². The number of nitrogens with zero attached hydrogens (tertiary/aromatic N) is 5. The number of rotatable bonds is 11. The van der Waals surface area contributed by atoms with E-state index in [2.05, 4.69) is 41.5 Å². The van der Waals surface area contributed by atoms with Crippen LogP contribution in [0.25, 0.3) is 11.0 Å². The first-order chi connectivity index (χ1) is 17.4. The van der Waals surface area contributed by atoms with E-state index in [0.717, 1.165) is 40.5 Å². The largest absolute Gasteiger partial charge is 0.497 e. The number of methoxy groups -OCH3 is 1. The van der Waals surface area contributed by atoms with Gasteiger partial charge in [-0.25, -0.2) is 14.6 Å². The van der Waals surface area contributed by atoms with E-state index in [1.54, 1.807) is 34.7 Å². The summed E-state index contributed by atoms with van der Waals surface area (Å²) in [7, 11) is 1.60. The Morgan fingerprint density at radius 2 is 2.03 bits per heavy atom. The number of hydrogen-bond donors (Lipinski definition) is 2. The number of benzene rings is 1. The first-order valence-electron chi connectivity index (χ1n) is 12.2. The molecule has 0 saturated carbocycles. The monoisotopic (exact) mass is 511 g/mol. The van der Waals surface area contributed by atoms with Crippen LogP contribution in [-0.2, 0) is 16.1 Å². The predicted molar refractivity (Wildman–Crippen MR) is 142 cm³/mol. The van der Waals surface area contributed by atoms with Crippen LogP contribution in [0.3, 0.4) is 0 Å². The SMILES string of the molecule is CCCSc1nc(NC(C)C)c2cnn(CCNC(=O)C3CC(=O)N(c4ccc(OC)cc4)C3)c2n1. The fourth-order valence-corrected chi connectivity index (χ4v) is 4.76. The Kier molecular flexibility index (Phi) is 8.29. The molecule has 36 heavy (non-hydrogen) atoms. The zero-order valence-corrected chi connectivity index (χ0v) is 22.0. The van der Waals surface area contributed by atoms with E-state index in [1.807, 2.05) is 24.3 Å². The molecule has 4 rings (SSSR count). The summed E-state index contributed by atoms with van der Waals surface area (Å²) in [6.07, 6.45) is 2.99. The van der Waals surface area contributed by atoms with E-state index in [1.165, 1.54) is 0 Å². The lowest BCUT2D eigenvalue weighted by atomic mass is 10.1. The van der Waals surface area contributed by atoms with Crippen molar-refractivity contribution in [1.29, 1.82) is 0 Å². The van der Waals surface area contributed by atoms with Gasteiger partial charge in [0.1, 0.15) is 11.6 Å². The zero-order chi connectivity index (χ0) is 25.7. The number of anilines is 2. The van der Waals surface area contributed by atoms with Crippen LogP contribution in [0, 0.1) is 5.92 Å². The van der Waals surface area contributed by atoms with Crippen LogP contribution >= 0.6 is 11.8 Å². The third-order valence-electron chi connectivity index (χ3n) is 5.84. The molecule has 0 aliphatic carbocycles. The van der Waals surface area contributed by atoms with Crippen molar-refractivity contribution in [3.8, 4) is 5.75 Å². The molecule has 1 unspecified atom stereocenters. The van der Waals surface area contributed by atoms with Crippen molar-refractivity contribution in [3.63, 3.8) is 0 Å². The topological polar surface area (TPSA) is 114 Å². The molecule has 1 saturated heterocycles. The van der Waals surface area contributed by atoms with Crippen molar-refractivity contribution in [2.45, 2.75) is 51.4 Å². The summed E-state index contributed by atoms with van der Waals surface area (Å²) in [5, 5.41) is 12.4. The van der Waals surface area contributed by atoms with E-state index in [0.29, 0.717) is 24.8 Å². The molecule has 192 valence electrons. The molecule has 1 atom stereocenters. The van der Waals surface area contributed by atoms with Gasteiger partial charge in [0.25, 0.3) is 0 Å². The van der Waals surface area contributed by atoms with Crippen LogP contribution in [0.5, 0.6) is 5.75 Å². The Balaban J connectivity index is 1.39. The molecule has 1 aliphatic rings. The number of amides is 2. The van der Waals surface area contributed by atoms with Crippen LogP contribution in [0.15, 0.2) is 35.6 Å². The zero-order valence-electron chi connectivity index (χ0n) is 21.2. The molecule has 0 radical (unpaired) electrons. The Labute approximate surface area is 215 Å². The highest BCUT2D eigenvalue weighted by atomic mass is 32.2. The van der Waals surface area contributed by atoms with Crippen LogP contribution < -0.4 is 20.3 Å². The minimum absolute atomic E-state index is 0.0580. The smallest absolute Gasteiger partial charge is 0.227 e. The van der Waals surface area contributed by atoms with Crippen molar-refractivity contribution in [2.24, 2.45) is 5.92 Å². The number of carbonyl (C=O) groups is 2. The lowest BCUT2D eigenvalue weighted by Crippen LogP contribution is -2.35. The summed E-state index contributed by atoms with van der Waals surface area (Å²) >= 11 is 1.62. The minimum atomic E-state index is -0.393. The number of ether oxygens (including phenoxy) is 1. The summed E-state index contributed by atoms with van der Waals surface area (Å²) < 4.78 is 6.97. The molecule has 2 amide bonds. The normalized spacial score (nSPS) is 15.6. The summed E-state index contributed by atoms with van der Waals surface area (Å²) in [6.45, 7) is 7.47. The van der Waals surface area contributed by atoms with Gasteiger partial charge in [0.2, 0.25) is 11.8 Å². The molecule has 0 bridgehead atoms. The number of aromatic nitrogens is 4. The van der Waals surface area contributed by atoms with Crippen LogP contribution in [0.1, 0.15) is 33.6 Å².